The average molecular weight is 407 g/mol. The van der Waals surface area contributed by atoms with E-state index in [1.165, 1.54) is 0 Å². The molecule has 30 heavy (non-hydrogen) atoms. The van der Waals surface area contributed by atoms with Gasteiger partial charge in [-0.1, -0.05) is 17.3 Å². The van der Waals surface area contributed by atoms with E-state index in [4.69, 9.17) is 9.63 Å². The number of aryl methyl sites for hydroxylation is 2. The van der Waals surface area contributed by atoms with Gasteiger partial charge in [0.25, 0.3) is 0 Å². The van der Waals surface area contributed by atoms with Crippen LogP contribution in [0, 0.1) is 0 Å². The number of aliphatic hydroxyl groups is 1. The molecule has 10 heteroatoms. The number of anilines is 4. The zero-order valence-electron chi connectivity index (χ0n) is 16.3. The van der Waals surface area contributed by atoms with Crippen LogP contribution in [0.2, 0.25) is 0 Å². The Balaban J connectivity index is 1.40. The summed E-state index contributed by atoms with van der Waals surface area (Å²) < 4.78 is 5.19. The third kappa shape index (κ3) is 4.55. The van der Waals surface area contributed by atoms with E-state index in [1.807, 2.05) is 18.2 Å². The number of hydrogen-bond acceptors (Lipinski definition) is 9. The van der Waals surface area contributed by atoms with Gasteiger partial charge in [0.15, 0.2) is 5.82 Å². The Morgan fingerprint density at radius 1 is 1.13 bits per heavy atom. The quantitative estimate of drug-likeness (QED) is 0.347. The van der Waals surface area contributed by atoms with E-state index in [2.05, 4.69) is 30.6 Å². The monoisotopic (exact) mass is 407 g/mol. The summed E-state index contributed by atoms with van der Waals surface area (Å²) >= 11 is 0. The van der Waals surface area contributed by atoms with Gasteiger partial charge in [0.2, 0.25) is 11.8 Å². The summed E-state index contributed by atoms with van der Waals surface area (Å²) in [5, 5.41) is 32.9. The number of benzene rings is 1. The Kier molecular flexibility index (Phi) is 5.57. The molecule has 0 aliphatic heterocycles. The Bertz CT molecular complexity index is 1120. The molecule has 0 spiro atoms. The molecule has 0 saturated carbocycles. The predicted molar refractivity (Wildman–Crippen MR) is 110 cm³/mol. The molecule has 0 aliphatic rings. The molecule has 0 unspecified atom stereocenters. The first-order chi connectivity index (χ1) is 14.6. The van der Waals surface area contributed by atoms with E-state index < -0.39 is 0 Å². The number of aliphatic hydroxyl groups excluding tert-OH is 1. The summed E-state index contributed by atoms with van der Waals surface area (Å²) in [6, 6.07) is 12.5. The molecule has 0 amide bonds. The molecule has 10 nitrogen and oxygen atoms in total. The SMILES string of the molecule is CN(c1nccc(Nc2cc(CCc3cccc(O)c3)[nH]n2)n1)c1cc(CO)no1. The number of hydrogen-bond donors (Lipinski definition) is 4. The van der Waals surface area contributed by atoms with Crippen molar-refractivity contribution < 1.29 is 14.7 Å². The summed E-state index contributed by atoms with van der Waals surface area (Å²) in [5.74, 6) is 2.29. The van der Waals surface area contributed by atoms with Gasteiger partial charge in [-0.2, -0.15) is 10.1 Å². The second-order valence-corrected chi connectivity index (χ2v) is 6.69. The average Bonchev–Trinajstić information content (AvgIpc) is 3.41. The van der Waals surface area contributed by atoms with Crippen molar-refractivity contribution in [2.75, 3.05) is 17.3 Å². The van der Waals surface area contributed by atoms with Crippen LogP contribution in [0.3, 0.4) is 0 Å². The number of nitrogens with one attached hydrogen (secondary N) is 2. The normalized spacial score (nSPS) is 10.9. The van der Waals surface area contributed by atoms with E-state index >= 15 is 0 Å². The molecule has 4 aromatic rings. The van der Waals surface area contributed by atoms with Crippen LogP contribution in [0.1, 0.15) is 17.0 Å². The molecule has 4 rings (SSSR count). The number of rotatable bonds is 8. The van der Waals surface area contributed by atoms with Gasteiger partial charge in [0, 0.05) is 31.1 Å². The predicted octanol–water partition coefficient (Wildman–Crippen LogP) is 2.68. The first-order valence-corrected chi connectivity index (χ1v) is 9.33. The van der Waals surface area contributed by atoms with E-state index in [0.717, 1.165) is 24.1 Å². The van der Waals surface area contributed by atoms with E-state index in [0.29, 0.717) is 29.2 Å². The van der Waals surface area contributed by atoms with Gasteiger partial charge in [-0.25, -0.2) is 4.98 Å². The van der Waals surface area contributed by atoms with Crippen molar-refractivity contribution in [3.05, 3.63) is 65.6 Å². The smallest absolute Gasteiger partial charge is 0.234 e. The van der Waals surface area contributed by atoms with Crippen molar-refractivity contribution in [1.29, 1.82) is 0 Å². The molecule has 0 saturated heterocycles. The Morgan fingerprint density at radius 2 is 2.03 bits per heavy atom. The zero-order chi connectivity index (χ0) is 20.9. The number of aromatic nitrogens is 5. The van der Waals surface area contributed by atoms with E-state index in [-0.39, 0.29) is 12.4 Å². The van der Waals surface area contributed by atoms with Crippen LogP contribution in [0.5, 0.6) is 5.75 Å². The van der Waals surface area contributed by atoms with Crippen molar-refractivity contribution >= 4 is 23.5 Å². The van der Waals surface area contributed by atoms with Crippen molar-refractivity contribution in [3.63, 3.8) is 0 Å². The van der Waals surface area contributed by atoms with Gasteiger partial charge >= 0.3 is 0 Å². The maximum atomic E-state index is 9.56. The van der Waals surface area contributed by atoms with Gasteiger partial charge in [0.05, 0.1) is 6.61 Å². The summed E-state index contributed by atoms with van der Waals surface area (Å²) in [6.45, 7) is -0.202. The lowest BCUT2D eigenvalue weighted by Gasteiger charge is -2.13. The highest BCUT2D eigenvalue weighted by Crippen LogP contribution is 2.23. The fourth-order valence-electron chi connectivity index (χ4n) is 2.89. The lowest BCUT2D eigenvalue weighted by molar-refractivity contribution is 0.267. The molecule has 1 aromatic carbocycles. The van der Waals surface area contributed by atoms with Gasteiger partial charge in [-0.15, -0.1) is 0 Å². The number of H-pyrrole nitrogens is 1. The summed E-state index contributed by atoms with van der Waals surface area (Å²) in [4.78, 5) is 10.3. The molecule has 3 heterocycles. The Morgan fingerprint density at radius 3 is 2.83 bits per heavy atom. The minimum absolute atomic E-state index is 0.202. The second kappa shape index (κ2) is 8.62. The molecule has 0 radical (unpaired) electrons. The summed E-state index contributed by atoms with van der Waals surface area (Å²) in [6.07, 6.45) is 3.17. The van der Waals surface area contributed by atoms with Crippen LogP contribution < -0.4 is 10.2 Å². The zero-order valence-corrected chi connectivity index (χ0v) is 16.3. The number of aromatic hydroxyl groups is 1. The Labute approximate surface area is 172 Å². The van der Waals surface area contributed by atoms with E-state index in [9.17, 15) is 5.11 Å². The van der Waals surface area contributed by atoms with Gasteiger partial charge in [-0.3, -0.25) is 10.00 Å². The molecule has 0 fully saturated rings. The fraction of sp³-hybridized carbons (Fsp3) is 0.200. The minimum Gasteiger partial charge on any atom is -0.508 e. The van der Waals surface area contributed by atoms with Crippen LogP contribution in [0.4, 0.5) is 23.5 Å². The van der Waals surface area contributed by atoms with Crippen molar-refractivity contribution in [2.45, 2.75) is 19.4 Å². The number of nitrogens with zero attached hydrogens (tertiary/aromatic N) is 5. The molecular weight excluding hydrogens is 386 g/mol. The minimum atomic E-state index is -0.202. The second-order valence-electron chi connectivity index (χ2n) is 6.69. The highest BCUT2D eigenvalue weighted by Gasteiger charge is 2.14. The number of aromatic amines is 1. The lowest BCUT2D eigenvalue weighted by Crippen LogP contribution is -2.13. The maximum absolute atomic E-state index is 9.56. The van der Waals surface area contributed by atoms with Crippen molar-refractivity contribution in [1.82, 2.24) is 25.3 Å². The van der Waals surface area contributed by atoms with Crippen LogP contribution in [-0.2, 0) is 19.4 Å². The van der Waals surface area contributed by atoms with Crippen LogP contribution in [-0.4, -0.2) is 42.6 Å². The van der Waals surface area contributed by atoms with Crippen LogP contribution in [0.15, 0.2) is 53.2 Å². The highest BCUT2D eigenvalue weighted by molar-refractivity contribution is 5.56. The van der Waals surface area contributed by atoms with Gasteiger partial charge in [0.1, 0.15) is 17.3 Å². The lowest BCUT2D eigenvalue weighted by atomic mass is 10.1. The Hall–Kier alpha value is -3.92. The van der Waals surface area contributed by atoms with Crippen LogP contribution >= 0.6 is 0 Å². The van der Waals surface area contributed by atoms with Gasteiger partial charge < -0.3 is 20.1 Å². The summed E-state index contributed by atoms with van der Waals surface area (Å²) in [7, 11) is 1.74. The third-order valence-corrected chi connectivity index (χ3v) is 4.46. The van der Waals surface area contributed by atoms with Crippen molar-refractivity contribution in [2.24, 2.45) is 0 Å². The van der Waals surface area contributed by atoms with Crippen LogP contribution in [0.25, 0.3) is 0 Å². The molecule has 4 N–H and O–H groups in total. The molecule has 3 aromatic heterocycles. The maximum Gasteiger partial charge on any atom is 0.234 e. The largest absolute Gasteiger partial charge is 0.508 e. The summed E-state index contributed by atoms with van der Waals surface area (Å²) in [5.41, 5.74) is 2.45. The molecule has 154 valence electrons. The molecule has 0 atom stereocenters. The van der Waals surface area contributed by atoms with Gasteiger partial charge in [-0.05, 0) is 36.6 Å². The van der Waals surface area contributed by atoms with E-state index in [1.54, 1.807) is 42.4 Å². The standard InChI is InChI=1S/C20H21N7O3/c1-27(19-11-15(12-28)26-30-19)20-21-8-7-17(23-20)22-18-10-14(24-25-18)6-5-13-3-2-4-16(29)9-13/h2-4,7-11,28-29H,5-6,12H2,1H3,(H2,21,22,23,24,25). The third-order valence-electron chi connectivity index (χ3n) is 4.46. The fourth-order valence-corrected chi connectivity index (χ4v) is 2.89. The first-order valence-electron chi connectivity index (χ1n) is 9.33. The number of phenols is 1. The highest BCUT2D eigenvalue weighted by atomic mass is 16.5. The molecular formula is C20H21N7O3. The number of phenolic OH excluding ortho intramolecular Hbond substituents is 1. The first kappa shape index (κ1) is 19.4. The molecule has 0 aliphatic carbocycles. The van der Waals surface area contributed by atoms with Crippen molar-refractivity contribution in [3.8, 4) is 5.75 Å². The topological polar surface area (TPSA) is 136 Å². The molecule has 0 bridgehead atoms.